The first-order valence-electron chi connectivity index (χ1n) is 9.74. The molecule has 0 aliphatic heterocycles. The van der Waals surface area contributed by atoms with Gasteiger partial charge in [0, 0.05) is 0 Å². The Kier molecular flexibility index (Phi) is 5.04. The SMILES string of the molecule is C[C@@H]1CCCC1[C@H]1CCC[C@H]1P(c1ccccc1)c1ccccc1. The van der Waals surface area contributed by atoms with Crippen molar-refractivity contribution in [2.75, 3.05) is 0 Å². The summed E-state index contributed by atoms with van der Waals surface area (Å²) in [7, 11) is -0.226. The van der Waals surface area contributed by atoms with E-state index >= 15 is 0 Å². The van der Waals surface area contributed by atoms with Crippen molar-refractivity contribution in [3.63, 3.8) is 0 Å². The van der Waals surface area contributed by atoms with Crippen LogP contribution in [0.4, 0.5) is 0 Å². The van der Waals surface area contributed by atoms with Gasteiger partial charge in [0.1, 0.15) is 0 Å². The second-order valence-electron chi connectivity index (χ2n) is 7.78. The predicted molar refractivity (Wildman–Crippen MR) is 107 cm³/mol. The third-order valence-corrected chi connectivity index (χ3v) is 9.42. The summed E-state index contributed by atoms with van der Waals surface area (Å²) in [4.78, 5) is 0. The Bertz CT molecular complexity index is 596. The minimum atomic E-state index is -0.226. The average Bonchev–Trinajstić information content (AvgIpc) is 3.26. The first kappa shape index (κ1) is 16.3. The van der Waals surface area contributed by atoms with Gasteiger partial charge in [-0.1, -0.05) is 86.8 Å². The summed E-state index contributed by atoms with van der Waals surface area (Å²) in [6.45, 7) is 2.51. The normalized spacial score (nSPS) is 30.1. The van der Waals surface area contributed by atoms with Crippen LogP contribution < -0.4 is 10.6 Å². The molecule has 0 radical (unpaired) electrons. The Labute approximate surface area is 148 Å². The molecule has 0 bridgehead atoms. The quantitative estimate of drug-likeness (QED) is 0.626. The molecule has 0 amide bonds. The Balaban J connectivity index is 1.70. The summed E-state index contributed by atoms with van der Waals surface area (Å²) in [6, 6.07) is 22.8. The summed E-state index contributed by atoms with van der Waals surface area (Å²) in [5.41, 5.74) is 0.885. The van der Waals surface area contributed by atoms with Gasteiger partial charge in [0.15, 0.2) is 0 Å². The highest BCUT2D eigenvalue weighted by Crippen LogP contribution is 2.55. The van der Waals surface area contributed by atoms with E-state index in [4.69, 9.17) is 0 Å². The molecule has 1 heteroatoms. The molecule has 2 aromatic rings. The maximum absolute atomic E-state index is 2.51. The summed E-state index contributed by atoms with van der Waals surface area (Å²) >= 11 is 0. The molecule has 4 atom stereocenters. The van der Waals surface area contributed by atoms with Gasteiger partial charge in [0.05, 0.1) is 0 Å². The molecular formula is C23H29P. The van der Waals surface area contributed by atoms with Crippen LogP contribution in [-0.2, 0) is 0 Å². The van der Waals surface area contributed by atoms with Gasteiger partial charge >= 0.3 is 0 Å². The summed E-state index contributed by atoms with van der Waals surface area (Å²) in [5, 5.41) is 3.17. The highest BCUT2D eigenvalue weighted by atomic mass is 31.1. The fourth-order valence-electron chi connectivity index (χ4n) is 5.31. The molecule has 2 aliphatic carbocycles. The lowest BCUT2D eigenvalue weighted by Crippen LogP contribution is -2.29. The third kappa shape index (κ3) is 3.18. The molecule has 0 heterocycles. The highest BCUT2D eigenvalue weighted by Gasteiger charge is 2.42. The number of hydrogen-bond donors (Lipinski definition) is 0. The zero-order valence-corrected chi connectivity index (χ0v) is 15.7. The van der Waals surface area contributed by atoms with Crippen molar-refractivity contribution in [2.45, 2.75) is 51.1 Å². The molecule has 2 aromatic carbocycles. The van der Waals surface area contributed by atoms with Crippen molar-refractivity contribution in [1.29, 1.82) is 0 Å². The number of hydrogen-bond acceptors (Lipinski definition) is 0. The molecule has 4 rings (SSSR count). The maximum Gasteiger partial charge on any atom is -0.00977 e. The van der Waals surface area contributed by atoms with Crippen LogP contribution >= 0.6 is 7.92 Å². The molecule has 2 fully saturated rings. The molecule has 0 saturated heterocycles. The van der Waals surface area contributed by atoms with Gasteiger partial charge in [-0.05, 0) is 61.2 Å². The van der Waals surface area contributed by atoms with Gasteiger partial charge < -0.3 is 0 Å². The first-order valence-corrected chi connectivity index (χ1v) is 11.1. The van der Waals surface area contributed by atoms with Gasteiger partial charge in [-0.25, -0.2) is 0 Å². The molecule has 0 nitrogen and oxygen atoms in total. The Hall–Kier alpha value is -1.13. The molecule has 2 saturated carbocycles. The van der Waals surface area contributed by atoms with Crippen molar-refractivity contribution in [2.24, 2.45) is 17.8 Å². The zero-order valence-electron chi connectivity index (χ0n) is 14.8. The lowest BCUT2D eigenvalue weighted by molar-refractivity contribution is 0.284. The second-order valence-corrected chi connectivity index (χ2v) is 10.2. The molecule has 0 aromatic heterocycles. The van der Waals surface area contributed by atoms with Gasteiger partial charge in [-0.15, -0.1) is 0 Å². The van der Waals surface area contributed by atoms with Crippen molar-refractivity contribution in [1.82, 2.24) is 0 Å². The maximum atomic E-state index is 2.51. The minimum absolute atomic E-state index is 0.226. The smallest absolute Gasteiger partial charge is 0.00977 e. The van der Waals surface area contributed by atoms with E-state index in [1.165, 1.54) is 38.5 Å². The van der Waals surface area contributed by atoms with E-state index in [0.29, 0.717) is 0 Å². The molecular weight excluding hydrogens is 307 g/mol. The van der Waals surface area contributed by atoms with Crippen LogP contribution in [0.15, 0.2) is 60.7 Å². The van der Waals surface area contributed by atoms with Crippen molar-refractivity contribution >= 4 is 18.5 Å². The van der Waals surface area contributed by atoms with E-state index in [9.17, 15) is 0 Å². The van der Waals surface area contributed by atoms with E-state index in [1.54, 1.807) is 10.6 Å². The highest BCUT2D eigenvalue weighted by molar-refractivity contribution is 7.73. The van der Waals surface area contributed by atoms with Crippen LogP contribution in [-0.4, -0.2) is 5.66 Å². The molecule has 0 spiro atoms. The summed E-state index contributed by atoms with van der Waals surface area (Å²) < 4.78 is 0. The van der Waals surface area contributed by atoms with Crippen LogP contribution in [0, 0.1) is 17.8 Å². The summed E-state index contributed by atoms with van der Waals surface area (Å²) in [6.07, 6.45) is 8.75. The van der Waals surface area contributed by atoms with Gasteiger partial charge in [0.2, 0.25) is 0 Å². The topological polar surface area (TPSA) is 0 Å². The van der Waals surface area contributed by atoms with Crippen molar-refractivity contribution in [3.05, 3.63) is 60.7 Å². The Morgan fingerprint density at radius 3 is 1.75 bits per heavy atom. The van der Waals surface area contributed by atoms with E-state index in [1.807, 2.05) is 0 Å². The monoisotopic (exact) mass is 336 g/mol. The Morgan fingerprint density at radius 2 is 1.21 bits per heavy atom. The van der Waals surface area contributed by atoms with E-state index in [0.717, 1.165) is 23.4 Å². The molecule has 2 aliphatic rings. The van der Waals surface area contributed by atoms with Gasteiger partial charge in [-0.3, -0.25) is 0 Å². The number of rotatable bonds is 4. The predicted octanol–water partition coefficient (Wildman–Crippen LogP) is 5.72. The zero-order chi connectivity index (χ0) is 16.4. The first-order chi connectivity index (χ1) is 11.8. The fraction of sp³-hybridized carbons (Fsp3) is 0.478. The standard InChI is InChI=1S/C23H29P/c1-18-10-8-15-21(18)22-16-9-17-23(22)24(19-11-4-2-5-12-19)20-13-6-3-7-14-20/h2-7,11-14,18,21-23H,8-10,15-17H2,1H3/t18-,21?,22-,23-/m1/s1. The van der Waals surface area contributed by atoms with E-state index < -0.39 is 0 Å². The van der Waals surface area contributed by atoms with Crippen LogP contribution in [0.3, 0.4) is 0 Å². The molecule has 24 heavy (non-hydrogen) atoms. The molecule has 1 unspecified atom stereocenters. The third-order valence-electron chi connectivity index (χ3n) is 6.41. The second kappa shape index (κ2) is 7.40. The lowest BCUT2D eigenvalue weighted by atomic mass is 9.83. The van der Waals surface area contributed by atoms with Crippen LogP contribution in [0.1, 0.15) is 45.4 Å². The average molecular weight is 336 g/mol. The largest absolute Gasteiger partial charge is 0.0622 e. The van der Waals surface area contributed by atoms with Crippen molar-refractivity contribution in [3.8, 4) is 0 Å². The van der Waals surface area contributed by atoms with Crippen LogP contribution in [0.2, 0.25) is 0 Å². The minimum Gasteiger partial charge on any atom is -0.0622 e. The number of benzene rings is 2. The molecule has 126 valence electrons. The van der Waals surface area contributed by atoms with Gasteiger partial charge in [0.25, 0.3) is 0 Å². The summed E-state index contributed by atoms with van der Waals surface area (Å²) in [5.74, 6) is 2.88. The molecule has 0 N–H and O–H groups in total. The van der Waals surface area contributed by atoms with Crippen LogP contribution in [0.5, 0.6) is 0 Å². The van der Waals surface area contributed by atoms with Crippen LogP contribution in [0.25, 0.3) is 0 Å². The van der Waals surface area contributed by atoms with E-state index in [-0.39, 0.29) is 7.92 Å². The fourth-order valence-corrected chi connectivity index (χ4v) is 8.55. The van der Waals surface area contributed by atoms with E-state index in [2.05, 4.69) is 67.6 Å². The van der Waals surface area contributed by atoms with Gasteiger partial charge in [-0.2, -0.15) is 0 Å². The van der Waals surface area contributed by atoms with Crippen molar-refractivity contribution < 1.29 is 0 Å². The lowest BCUT2D eigenvalue weighted by Gasteiger charge is -2.35. The Morgan fingerprint density at radius 1 is 0.667 bits per heavy atom.